The molecular weight excluding hydrogens is 364 g/mol. The Morgan fingerprint density at radius 3 is 2.81 bits per heavy atom. The molecule has 27 heavy (non-hydrogen) atoms. The highest BCUT2D eigenvalue weighted by atomic mass is 32.1. The number of amides is 2. The van der Waals surface area contributed by atoms with E-state index in [0.717, 1.165) is 24.1 Å². The zero-order valence-corrected chi connectivity index (χ0v) is 16.0. The number of hydrogen-bond acceptors (Lipinski definition) is 5. The van der Waals surface area contributed by atoms with Crippen molar-refractivity contribution in [2.24, 2.45) is 0 Å². The molecule has 1 aromatic carbocycles. The van der Waals surface area contributed by atoms with E-state index in [1.165, 1.54) is 18.4 Å². The number of rotatable bonds is 6. The van der Waals surface area contributed by atoms with Crippen molar-refractivity contribution in [3.05, 3.63) is 51.7 Å². The van der Waals surface area contributed by atoms with Crippen LogP contribution in [0.1, 0.15) is 44.9 Å². The van der Waals surface area contributed by atoms with Gasteiger partial charge < -0.3 is 15.0 Å². The van der Waals surface area contributed by atoms with Crippen LogP contribution in [0.3, 0.4) is 0 Å². The number of hydrogen-bond donors (Lipinski definition) is 1. The number of carbonyl (C=O) groups is 3. The van der Waals surface area contributed by atoms with Crippen LogP contribution in [0.5, 0.6) is 0 Å². The highest BCUT2D eigenvalue weighted by Gasteiger charge is 2.26. The maximum Gasteiger partial charge on any atom is 0.338 e. The average molecular weight is 386 g/mol. The van der Waals surface area contributed by atoms with Crippen LogP contribution in [0, 0.1) is 0 Å². The minimum atomic E-state index is -0.377. The Labute approximate surface area is 162 Å². The summed E-state index contributed by atoms with van der Waals surface area (Å²) in [6.07, 6.45) is 2.47. The number of ether oxygens (including phenoxy) is 1. The van der Waals surface area contributed by atoms with Crippen molar-refractivity contribution in [1.29, 1.82) is 0 Å². The second kappa shape index (κ2) is 8.81. The highest BCUT2D eigenvalue weighted by Crippen LogP contribution is 2.30. The second-order valence-electron chi connectivity index (χ2n) is 6.28. The molecule has 2 amide bonds. The smallest absolute Gasteiger partial charge is 0.338 e. The number of methoxy groups -OCH3 is 1. The molecular formula is C20H22N2O4S. The van der Waals surface area contributed by atoms with Gasteiger partial charge in [-0.1, -0.05) is 12.1 Å². The second-order valence-corrected chi connectivity index (χ2v) is 7.23. The fraction of sp³-hybridized carbons (Fsp3) is 0.350. The van der Waals surface area contributed by atoms with Crippen LogP contribution in [0.2, 0.25) is 0 Å². The van der Waals surface area contributed by atoms with E-state index in [-0.39, 0.29) is 17.8 Å². The van der Waals surface area contributed by atoms with Gasteiger partial charge in [0, 0.05) is 25.2 Å². The average Bonchev–Trinajstić information content (AvgIpc) is 3.24. The lowest BCUT2D eigenvalue weighted by Crippen LogP contribution is -2.36. The van der Waals surface area contributed by atoms with Gasteiger partial charge in [0.2, 0.25) is 5.91 Å². The molecule has 0 unspecified atom stereocenters. The first-order valence-electron chi connectivity index (χ1n) is 8.94. The lowest BCUT2D eigenvalue weighted by molar-refractivity contribution is -0.118. The van der Waals surface area contributed by atoms with Crippen LogP contribution >= 0.6 is 11.3 Å². The van der Waals surface area contributed by atoms with Gasteiger partial charge in [-0.2, -0.15) is 0 Å². The van der Waals surface area contributed by atoms with E-state index in [1.54, 1.807) is 23.1 Å². The molecule has 2 heterocycles. The number of nitrogens with zero attached hydrogens (tertiary/aromatic N) is 1. The molecule has 0 saturated carbocycles. The van der Waals surface area contributed by atoms with E-state index in [1.807, 2.05) is 17.5 Å². The molecule has 0 atom stereocenters. The van der Waals surface area contributed by atoms with Crippen molar-refractivity contribution in [1.82, 2.24) is 5.32 Å². The van der Waals surface area contributed by atoms with Crippen molar-refractivity contribution in [2.45, 2.75) is 25.7 Å². The Bertz CT molecular complexity index is 833. The van der Waals surface area contributed by atoms with E-state index in [4.69, 9.17) is 4.74 Å². The maximum absolute atomic E-state index is 12.7. The van der Waals surface area contributed by atoms with E-state index in [0.29, 0.717) is 36.4 Å². The van der Waals surface area contributed by atoms with Crippen molar-refractivity contribution < 1.29 is 19.1 Å². The predicted octanol–water partition coefficient (Wildman–Crippen LogP) is 3.02. The SMILES string of the molecule is COC(=O)c1cccc2c1CCCN2C(=O)CCCNC(=O)c1cccs1. The fourth-order valence-electron chi connectivity index (χ4n) is 3.26. The third-order valence-corrected chi connectivity index (χ3v) is 5.42. The number of thiophene rings is 1. The van der Waals surface area contributed by atoms with Crippen molar-refractivity contribution in [2.75, 3.05) is 25.1 Å². The van der Waals surface area contributed by atoms with Gasteiger partial charge in [0.25, 0.3) is 5.91 Å². The van der Waals surface area contributed by atoms with Gasteiger partial charge in [0.05, 0.1) is 17.6 Å². The zero-order valence-electron chi connectivity index (χ0n) is 15.2. The molecule has 1 N–H and O–H groups in total. The van der Waals surface area contributed by atoms with Crippen LogP contribution in [-0.4, -0.2) is 38.0 Å². The molecule has 1 aliphatic heterocycles. The molecule has 0 spiro atoms. The summed E-state index contributed by atoms with van der Waals surface area (Å²) in [6.45, 7) is 1.09. The van der Waals surface area contributed by atoms with Crippen molar-refractivity contribution >= 4 is 34.8 Å². The van der Waals surface area contributed by atoms with Crippen LogP contribution < -0.4 is 10.2 Å². The number of carbonyl (C=O) groups excluding carboxylic acids is 3. The van der Waals surface area contributed by atoms with Crippen molar-refractivity contribution in [3.63, 3.8) is 0 Å². The van der Waals surface area contributed by atoms with Gasteiger partial charge in [0.1, 0.15) is 0 Å². The summed E-state index contributed by atoms with van der Waals surface area (Å²) in [4.78, 5) is 39.0. The van der Waals surface area contributed by atoms with E-state index in [2.05, 4.69) is 5.32 Å². The minimum Gasteiger partial charge on any atom is -0.465 e. The molecule has 6 nitrogen and oxygen atoms in total. The Morgan fingerprint density at radius 1 is 1.22 bits per heavy atom. The Kier molecular flexibility index (Phi) is 6.24. The normalized spacial score (nSPS) is 13.0. The molecule has 1 aromatic heterocycles. The number of esters is 1. The summed E-state index contributed by atoms with van der Waals surface area (Å²) < 4.78 is 4.85. The number of benzene rings is 1. The monoisotopic (exact) mass is 386 g/mol. The molecule has 1 aliphatic rings. The first-order chi connectivity index (χ1) is 13.1. The molecule has 2 aromatic rings. The summed E-state index contributed by atoms with van der Waals surface area (Å²) in [5, 5.41) is 4.69. The fourth-order valence-corrected chi connectivity index (χ4v) is 3.90. The van der Waals surface area contributed by atoms with Crippen LogP contribution in [-0.2, 0) is 16.0 Å². The molecule has 142 valence electrons. The lowest BCUT2D eigenvalue weighted by atomic mass is 9.96. The first-order valence-corrected chi connectivity index (χ1v) is 9.82. The van der Waals surface area contributed by atoms with Crippen LogP contribution in [0.4, 0.5) is 5.69 Å². The molecule has 3 rings (SSSR count). The molecule has 0 aliphatic carbocycles. The lowest BCUT2D eigenvalue weighted by Gasteiger charge is -2.30. The number of fused-ring (bicyclic) bond motifs is 1. The van der Waals surface area contributed by atoms with E-state index in [9.17, 15) is 14.4 Å². The zero-order chi connectivity index (χ0) is 19.2. The van der Waals surface area contributed by atoms with Crippen molar-refractivity contribution in [3.8, 4) is 0 Å². The molecule has 7 heteroatoms. The van der Waals surface area contributed by atoms with Gasteiger partial charge in [-0.3, -0.25) is 9.59 Å². The largest absolute Gasteiger partial charge is 0.465 e. The molecule has 0 saturated heterocycles. The molecule has 0 radical (unpaired) electrons. The van der Waals surface area contributed by atoms with Gasteiger partial charge in [-0.05, 0) is 48.4 Å². The quantitative estimate of drug-likeness (QED) is 0.612. The maximum atomic E-state index is 12.7. The summed E-state index contributed by atoms with van der Waals surface area (Å²) in [6, 6.07) is 8.99. The minimum absolute atomic E-state index is 0.00309. The van der Waals surface area contributed by atoms with Gasteiger partial charge in [0.15, 0.2) is 0 Å². The summed E-state index contributed by atoms with van der Waals surface area (Å²) >= 11 is 1.39. The third kappa shape index (κ3) is 4.36. The predicted molar refractivity (Wildman–Crippen MR) is 104 cm³/mol. The van der Waals surface area contributed by atoms with Gasteiger partial charge in [-0.15, -0.1) is 11.3 Å². The van der Waals surface area contributed by atoms with Gasteiger partial charge in [-0.25, -0.2) is 4.79 Å². The Hall–Kier alpha value is -2.67. The van der Waals surface area contributed by atoms with E-state index >= 15 is 0 Å². The number of anilines is 1. The summed E-state index contributed by atoms with van der Waals surface area (Å²) in [5.74, 6) is -0.482. The summed E-state index contributed by atoms with van der Waals surface area (Å²) in [7, 11) is 1.36. The molecule has 0 fully saturated rings. The highest BCUT2D eigenvalue weighted by molar-refractivity contribution is 7.12. The Balaban J connectivity index is 1.58. The number of nitrogens with one attached hydrogen (secondary N) is 1. The summed E-state index contributed by atoms with van der Waals surface area (Å²) in [5.41, 5.74) is 2.18. The molecule has 0 bridgehead atoms. The van der Waals surface area contributed by atoms with Gasteiger partial charge >= 0.3 is 5.97 Å². The first kappa shape index (κ1) is 19.1. The standard InChI is InChI=1S/C20H22N2O4S/c1-26-20(25)15-6-2-8-16-14(15)7-4-12-22(16)18(23)10-3-11-21-19(24)17-9-5-13-27-17/h2,5-6,8-9,13H,3-4,7,10-12H2,1H3,(H,21,24). The van der Waals surface area contributed by atoms with Crippen LogP contribution in [0.15, 0.2) is 35.7 Å². The van der Waals surface area contributed by atoms with E-state index < -0.39 is 0 Å². The Morgan fingerprint density at radius 2 is 2.07 bits per heavy atom. The third-order valence-electron chi connectivity index (χ3n) is 4.55. The topological polar surface area (TPSA) is 75.7 Å². The van der Waals surface area contributed by atoms with Crippen LogP contribution in [0.25, 0.3) is 0 Å².